The molecule has 0 aliphatic rings. The molecule has 152 valence electrons. The molecule has 0 atom stereocenters. The van der Waals surface area contributed by atoms with Crippen LogP contribution >= 0.6 is 0 Å². The number of hydrogen-bond donors (Lipinski definition) is 0. The summed E-state index contributed by atoms with van der Waals surface area (Å²) in [4.78, 5) is 36.3. The summed E-state index contributed by atoms with van der Waals surface area (Å²) in [6, 6.07) is 0. The molecule has 0 rings (SSSR count). The van der Waals surface area contributed by atoms with Gasteiger partial charge in [-0.15, -0.1) is 0 Å². The molecule has 8 heteroatoms. The van der Waals surface area contributed by atoms with Crippen molar-refractivity contribution in [3.05, 3.63) is 0 Å². The third-order valence-electron chi connectivity index (χ3n) is 3.61. The van der Waals surface area contributed by atoms with Crippen LogP contribution in [0.3, 0.4) is 0 Å². The van der Waals surface area contributed by atoms with Crippen molar-refractivity contribution in [2.75, 3.05) is 39.6 Å². The van der Waals surface area contributed by atoms with E-state index in [0.717, 1.165) is 32.5 Å². The van der Waals surface area contributed by atoms with Crippen molar-refractivity contribution in [1.29, 1.82) is 0 Å². The molecule has 0 aromatic heterocycles. The van der Waals surface area contributed by atoms with E-state index >= 15 is 0 Å². The molecule has 0 aromatic carbocycles. The van der Waals surface area contributed by atoms with Crippen molar-refractivity contribution in [2.45, 2.75) is 59.3 Å². The Kier molecular flexibility index (Phi) is 15.5. The number of hydrogen-bond acceptors (Lipinski definition) is 8. The highest BCUT2D eigenvalue weighted by Crippen LogP contribution is 2.03. The van der Waals surface area contributed by atoms with Crippen molar-refractivity contribution < 1.29 is 33.3 Å². The zero-order valence-electron chi connectivity index (χ0n) is 16.3. The van der Waals surface area contributed by atoms with Gasteiger partial charge in [-0.05, 0) is 38.8 Å². The van der Waals surface area contributed by atoms with Gasteiger partial charge in [0.1, 0.15) is 0 Å². The van der Waals surface area contributed by atoms with Crippen LogP contribution in [0.2, 0.25) is 0 Å². The number of nitrogens with zero attached hydrogens (tertiary/aromatic N) is 1. The number of carbonyl (C=O) groups excluding carboxylic acids is 3. The quantitative estimate of drug-likeness (QED) is 0.187. The molecule has 0 unspecified atom stereocenters. The van der Waals surface area contributed by atoms with Crippen molar-refractivity contribution >= 4 is 18.1 Å². The maximum atomic E-state index is 11.5. The Morgan fingerprint density at radius 2 is 1.35 bits per heavy atom. The molecule has 0 saturated heterocycles. The standard InChI is InChI=1S/C18H33NO7/c1-4-13-23-16(20)10-7-8-11-17(21)25-15-26-18(22)24-14-9-12-19(5-2)6-3/h4-15H2,1-3H3. The first kappa shape index (κ1) is 24.2. The summed E-state index contributed by atoms with van der Waals surface area (Å²) in [5.41, 5.74) is 0. The fourth-order valence-corrected chi connectivity index (χ4v) is 2.07. The van der Waals surface area contributed by atoms with E-state index in [2.05, 4.69) is 23.5 Å². The smallest absolute Gasteiger partial charge is 0.466 e. The monoisotopic (exact) mass is 375 g/mol. The van der Waals surface area contributed by atoms with Gasteiger partial charge in [-0.25, -0.2) is 4.79 Å². The van der Waals surface area contributed by atoms with Crippen LogP contribution in [0.25, 0.3) is 0 Å². The van der Waals surface area contributed by atoms with E-state index in [-0.39, 0.29) is 25.4 Å². The SMILES string of the molecule is CCCOC(=O)CCCCC(=O)OCOC(=O)OCCCN(CC)CC. The lowest BCUT2D eigenvalue weighted by Crippen LogP contribution is -2.25. The minimum absolute atomic E-state index is 0.156. The van der Waals surface area contributed by atoms with Gasteiger partial charge in [0, 0.05) is 19.4 Å². The van der Waals surface area contributed by atoms with Gasteiger partial charge in [0.25, 0.3) is 0 Å². The van der Waals surface area contributed by atoms with Gasteiger partial charge in [-0.1, -0.05) is 20.8 Å². The molecular weight excluding hydrogens is 342 g/mol. The van der Waals surface area contributed by atoms with Crippen molar-refractivity contribution in [3.8, 4) is 0 Å². The van der Waals surface area contributed by atoms with Gasteiger partial charge in [0.05, 0.1) is 13.2 Å². The second-order valence-corrected chi connectivity index (χ2v) is 5.69. The third-order valence-corrected chi connectivity index (χ3v) is 3.61. The molecule has 0 saturated carbocycles. The van der Waals surface area contributed by atoms with Crippen LogP contribution in [0.15, 0.2) is 0 Å². The van der Waals surface area contributed by atoms with Crippen molar-refractivity contribution in [1.82, 2.24) is 4.90 Å². The molecule has 26 heavy (non-hydrogen) atoms. The van der Waals surface area contributed by atoms with E-state index in [1.165, 1.54) is 0 Å². The maximum Gasteiger partial charge on any atom is 0.511 e. The molecule has 0 aromatic rings. The Balaban J connectivity index is 3.54. The van der Waals surface area contributed by atoms with Crippen LogP contribution in [0.5, 0.6) is 0 Å². The molecule has 0 aliphatic heterocycles. The van der Waals surface area contributed by atoms with E-state index < -0.39 is 18.9 Å². The van der Waals surface area contributed by atoms with E-state index in [1.54, 1.807) is 0 Å². The van der Waals surface area contributed by atoms with Gasteiger partial charge >= 0.3 is 18.1 Å². The highest BCUT2D eigenvalue weighted by molar-refractivity contribution is 5.70. The largest absolute Gasteiger partial charge is 0.511 e. The first-order valence-electron chi connectivity index (χ1n) is 9.36. The average Bonchev–Trinajstić information content (AvgIpc) is 2.63. The molecule has 0 amide bonds. The second kappa shape index (κ2) is 16.6. The van der Waals surface area contributed by atoms with Crippen LogP contribution in [0, 0.1) is 0 Å². The maximum absolute atomic E-state index is 11.5. The molecule has 0 spiro atoms. The Morgan fingerprint density at radius 3 is 1.92 bits per heavy atom. The molecule has 0 heterocycles. The summed E-state index contributed by atoms with van der Waals surface area (Å²) in [6.07, 6.45) is 2.15. The normalized spacial score (nSPS) is 10.5. The zero-order valence-corrected chi connectivity index (χ0v) is 16.3. The first-order chi connectivity index (χ1) is 12.5. The molecule has 8 nitrogen and oxygen atoms in total. The summed E-state index contributed by atoms with van der Waals surface area (Å²) in [6.45, 7) is 9.05. The van der Waals surface area contributed by atoms with Crippen LogP contribution in [0.4, 0.5) is 4.79 Å². The predicted octanol–water partition coefficient (Wildman–Crippen LogP) is 2.89. The summed E-state index contributed by atoms with van der Waals surface area (Å²) >= 11 is 0. The predicted molar refractivity (Wildman–Crippen MR) is 95.5 cm³/mol. The number of unbranched alkanes of at least 4 members (excludes halogenated alkanes) is 1. The van der Waals surface area contributed by atoms with Gasteiger partial charge in [-0.3, -0.25) is 9.59 Å². The Bertz CT molecular complexity index is 397. The minimum atomic E-state index is -0.851. The highest BCUT2D eigenvalue weighted by atomic mass is 16.8. The Hall–Kier alpha value is -1.83. The number of rotatable bonds is 15. The Morgan fingerprint density at radius 1 is 0.731 bits per heavy atom. The number of esters is 2. The fourth-order valence-electron chi connectivity index (χ4n) is 2.07. The van der Waals surface area contributed by atoms with Gasteiger partial charge in [0.2, 0.25) is 6.79 Å². The van der Waals surface area contributed by atoms with Crippen LogP contribution in [-0.2, 0) is 28.5 Å². The minimum Gasteiger partial charge on any atom is -0.466 e. The molecule has 0 N–H and O–H groups in total. The molecular formula is C18H33NO7. The summed E-state index contributed by atoms with van der Waals surface area (Å²) < 4.78 is 19.3. The van der Waals surface area contributed by atoms with E-state index in [4.69, 9.17) is 14.2 Å². The molecule has 0 fully saturated rings. The van der Waals surface area contributed by atoms with E-state index in [0.29, 0.717) is 19.4 Å². The molecule has 0 bridgehead atoms. The summed E-state index contributed by atoms with van der Waals surface area (Å²) in [7, 11) is 0. The van der Waals surface area contributed by atoms with Crippen LogP contribution < -0.4 is 0 Å². The van der Waals surface area contributed by atoms with Gasteiger partial charge in [0.15, 0.2) is 0 Å². The Labute approximate surface area is 156 Å². The topological polar surface area (TPSA) is 91.4 Å². The van der Waals surface area contributed by atoms with Gasteiger partial charge < -0.3 is 23.8 Å². The van der Waals surface area contributed by atoms with Crippen LogP contribution in [0.1, 0.15) is 59.3 Å². The lowest BCUT2D eigenvalue weighted by molar-refractivity contribution is -0.153. The van der Waals surface area contributed by atoms with Crippen LogP contribution in [-0.4, -0.2) is 62.6 Å². The number of carbonyl (C=O) groups is 3. The summed E-state index contributed by atoms with van der Waals surface area (Å²) in [5, 5.41) is 0. The lowest BCUT2D eigenvalue weighted by atomic mass is 10.2. The molecule has 0 aliphatic carbocycles. The second-order valence-electron chi connectivity index (χ2n) is 5.69. The van der Waals surface area contributed by atoms with Crippen molar-refractivity contribution in [3.63, 3.8) is 0 Å². The van der Waals surface area contributed by atoms with Gasteiger partial charge in [-0.2, -0.15) is 0 Å². The fraction of sp³-hybridized carbons (Fsp3) is 0.833. The first-order valence-corrected chi connectivity index (χ1v) is 9.36. The zero-order chi connectivity index (χ0) is 19.6. The average molecular weight is 375 g/mol. The van der Waals surface area contributed by atoms with E-state index in [9.17, 15) is 14.4 Å². The highest BCUT2D eigenvalue weighted by Gasteiger charge is 2.09. The lowest BCUT2D eigenvalue weighted by Gasteiger charge is -2.17. The third kappa shape index (κ3) is 14.5. The summed E-state index contributed by atoms with van der Waals surface area (Å²) in [5.74, 6) is -0.742. The molecule has 0 radical (unpaired) electrons. The number of ether oxygens (including phenoxy) is 4. The van der Waals surface area contributed by atoms with E-state index in [1.807, 2.05) is 6.92 Å². The van der Waals surface area contributed by atoms with Crippen molar-refractivity contribution in [2.24, 2.45) is 0 Å².